The molecule has 0 aromatic heterocycles. The van der Waals surface area contributed by atoms with E-state index in [0.29, 0.717) is 81.5 Å². The number of nitrogens with two attached hydrogens (primary N) is 2. The van der Waals surface area contributed by atoms with Gasteiger partial charge < -0.3 is 142 Å². The average molecular weight is 1930 g/mol. The van der Waals surface area contributed by atoms with E-state index in [1.54, 1.807) is 25.7 Å². The van der Waals surface area contributed by atoms with Crippen LogP contribution in [0.5, 0.6) is 0 Å². The van der Waals surface area contributed by atoms with Crippen LogP contribution in [-0.2, 0) is 104 Å². The lowest BCUT2D eigenvalue weighted by Gasteiger charge is -2.63. The zero-order valence-corrected chi connectivity index (χ0v) is 78.8. The summed E-state index contributed by atoms with van der Waals surface area (Å²) in [7, 11) is 1.86. The van der Waals surface area contributed by atoms with Gasteiger partial charge in [0.15, 0.2) is 34.9 Å². The first kappa shape index (κ1) is 111. The van der Waals surface area contributed by atoms with Crippen molar-refractivity contribution in [2.45, 2.75) is 204 Å². The summed E-state index contributed by atoms with van der Waals surface area (Å²) in [5.74, 6) is -2.76. The number of benzene rings is 3. The largest absolute Gasteiger partial charge is 0.445 e. The van der Waals surface area contributed by atoms with Gasteiger partial charge in [0, 0.05) is 104 Å². The van der Waals surface area contributed by atoms with Gasteiger partial charge >= 0.3 is 12.1 Å². The molecule has 0 radical (unpaired) electrons. The molecule has 760 valence electrons. The van der Waals surface area contributed by atoms with Gasteiger partial charge in [-0.05, 0) is 118 Å². The number of Topliss-reactive ketones (excluding diaryl/α,β-unsaturated/α-hetero) is 2. The van der Waals surface area contributed by atoms with Crippen LogP contribution in [0.2, 0.25) is 0 Å². The van der Waals surface area contributed by atoms with Crippen molar-refractivity contribution < 1.29 is 140 Å². The van der Waals surface area contributed by atoms with Crippen LogP contribution in [0.3, 0.4) is 0 Å². The van der Waals surface area contributed by atoms with Gasteiger partial charge in [-0.15, -0.1) is 0 Å². The number of rotatable bonds is 61. The summed E-state index contributed by atoms with van der Waals surface area (Å²) in [4.78, 5) is 151. The van der Waals surface area contributed by atoms with Crippen molar-refractivity contribution in [1.82, 2.24) is 48.0 Å². The van der Waals surface area contributed by atoms with Crippen LogP contribution in [0, 0.1) is 34.5 Å². The fourth-order valence-electron chi connectivity index (χ4n) is 18.7. The molecule has 2 heterocycles. The molecule has 3 aromatic rings. The number of nitrogens with zero attached hydrogens (tertiary/aromatic N) is 1. The number of allylic oxidation sites excluding steroid dienone is 4. The zero-order chi connectivity index (χ0) is 99.4. The Bertz CT molecular complexity index is 4600. The molecule has 42 heteroatoms. The maximum absolute atomic E-state index is 18.1. The van der Waals surface area contributed by atoms with E-state index >= 15 is 8.78 Å². The molecule has 0 bridgehead atoms. The summed E-state index contributed by atoms with van der Waals surface area (Å²) < 4.78 is 92.2. The van der Waals surface area contributed by atoms with Crippen molar-refractivity contribution in [3.05, 3.63) is 119 Å². The number of para-hydroxylation sites is 1. The summed E-state index contributed by atoms with van der Waals surface area (Å²) >= 11 is 0. The third-order valence-electron chi connectivity index (χ3n) is 25.9. The first-order valence-electron chi connectivity index (χ1n) is 47.0. The van der Waals surface area contributed by atoms with Crippen LogP contribution in [0.15, 0.2) is 96.6 Å². The van der Waals surface area contributed by atoms with Gasteiger partial charge in [0.2, 0.25) is 35.4 Å². The van der Waals surface area contributed by atoms with E-state index in [1.807, 2.05) is 62.5 Å². The van der Waals surface area contributed by atoms with Crippen LogP contribution < -0.4 is 69.8 Å². The maximum Gasteiger partial charge on any atom is 0.407 e. The molecule has 9 rings (SSSR count). The standard InChI is InChI=1S/C95H139F2N13O27/c1-7-13-82-136-77-51-66-67-50-69(96)68-49-63(112)27-29-92(68,4)94(67,97)75(116)52-93(66,5)95(77,137-82)76(117)54-105-91(127)135-57-59-19-21-62(22-20-59)106-88(124)60(15-12-30-103-90(98)126)48-72(113)83(58(2)3)108-89(125)70(23-24-79(119)104-53-73(114)86(122)87(123)74(115)56-111)107-80(120)28-34-128-38-42-132-46-47-134-44-40-130-36-32-101-78(118)25-26-81(121)110-55-61-14-8-9-16-64(61)84(85(109-99)65-17-10-11-18-71(65)110)102-33-37-131-41-45-133-43-39-129-35-31-100-6/h8-11,14,16-22,27,29,49,58,60,66-67,69-70,73-75,77,82-83,86-87,100,102,109,111,114-116,122-123H,7,12-13,15,23-26,28,30-48,50-57,99H2,1-6H3,(H,101,118)(H,104,119)(H,105,127)(H,106,124)(H,107,120)(H,108,125)(H3,98,103,126)/b85-84-/t60-,66+,67+,69+,70-,73+,74-,75+,77-,82?,83+,86-,87-,92+,93+,94+,95-/m1/s1. The van der Waals surface area contributed by atoms with Crippen molar-refractivity contribution in [3.63, 3.8) is 0 Å². The van der Waals surface area contributed by atoms with Crippen molar-refractivity contribution >= 4 is 87.7 Å². The summed E-state index contributed by atoms with van der Waals surface area (Å²) in [6.45, 7) is 11.1. The van der Waals surface area contributed by atoms with E-state index in [0.717, 1.165) is 29.4 Å². The Morgan fingerprint density at radius 1 is 0.664 bits per heavy atom. The molecule has 2 aliphatic heterocycles. The summed E-state index contributed by atoms with van der Waals surface area (Å²) in [5.41, 5.74) is 5.88. The number of ketones is 3. The Hall–Kier alpha value is -9.97. The molecule has 3 aromatic carbocycles. The van der Waals surface area contributed by atoms with Gasteiger partial charge in [-0.2, -0.15) is 0 Å². The lowest BCUT2D eigenvalue weighted by Crippen LogP contribution is -2.71. The number of hydrogen-bond donors (Lipinski definition) is 18. The van der Waals surface area contributed by atoms with Crippen LogP contribution in [-0.4, -0.2) is 313 Å². The number of urea groups is 1. The number of primary amides is 1. The molecule has 137 heavy (non-hydrogen) atoms. The minimum Gasteiger partial charge on any atom is -0.445 e. The highest BCUT2D eigenvalue weighted by Gasteiger charge is 2.80. The van der Waals surface area contributed by atoms with Crippen molar-refractivity contribution in [2.75, 3.05) is 156 Å². The molecule has 4 fully saturated rings. The van der Waals surface area contributed by atoms with Crippen molar-refractivity contribution in [2.24, 2.45) is 46.1 Å². The number of nitrogens with one attached hydrogen (secondary N) is 10. The monoisotopic (exact) mass is 1930 g/mol. The van der Waals surface area contributed by atoms with Crippen molar-refractivity contribution in [1.29, 1.82) is 0 Å². The lowest BCUT2D eigenvalue weighted by atomic mass is 9.44. The number of amides is 9. The Labute approximate surface area is 795 Å². The molecule has 6 aliphatic rings. The minimum atomic E-state index is -2.43. The molecule has 4 aliphatic carbocycles. The third kappa shape index (κ3) is 29.8. The van der Waals surface area contributed by atoms with E-state index in [2.05, 4.69) is 53.3 Å². The van der Waals surface area contributed by atoms with Crippen LogP contribution in [0.1, 0.15) is 140 Å². The molecule has 17 atom stereocenters. The maximum atomic E-state index is 18.1. The molecule has 3 saturated carbocycles. The fourth-order valence-corrected chi connectivity index (χ4v) is 18.7. The van der Waals surface area contributed by atoms with Gasteiger partial charge in [0.25, 0.3) is 0 Å². The Balaban J connectivity index is 0.696. The molecule has 1 unspecified atom stereocenters. The van der Waals surface area contributed by atoms with Gasteiger partial charge in [0.05, 0.1) is 154 Å². The second kappa shape index (κ2) is 54.6. The van der Waals surface area contributed by atoms with E-state index in [9.17, 15) is 83.4 Å². The molecule has 1 saturated heterocycles. The normalized spacial score (nSPS) is 23.9. The lowest BCUT2D eigenvalue weighted by molar-refractivity contribution is -0.233. The Morgan fingerprint density at radius 2 is 1.28 bits per heavy atom. The SMILES string of the molecule is CCCC1O[C@@H]2C[C@H]3[C@@H]4C[C@H](F)C5=CC(=O)C=C[C@]5(C)[C@@]4(F)[C@@H](O)C[C@]3(C)[C@]2(C(=O)CNC(=O)OCc2ccc(NC(=O)[C@H](CCCNC(N)=O)CC(=O)[C@@H](NC(=O)[C@@H](CCC(=O)NC[C@H](O)[C@@H](O)[C@H](O)[C@H](O)CO)NC(=O)CCOCCOCCOCCOCCNC(=O)CCC(=O)N3Cc4ccccc4/C(NCCOCCOCCOCCNC)=C(/NN)c4ccccc43)C(C)C)cc2)O1. The number of ether oxygens (including phenoxy) is 10. The number of likely N-dealkylation sites (N-methyl/N-ethyl adjacent to an activating group) is 1. The quantitative estimate of drug-likeness (QED) is 0.0217. The average Bonchev–Trinajstić information content (AvgIpc) is 1.57. The number of alkyl halides is 2. The van der Waals surface area contributed by atoms with Gasteiger partial charge in [-0.25, -0.2) is 18.4 Å². The number of halogens is 2. The number of aliphatic hydroxyl groups is 6. The topological polar surface area (TPSA) is 577 Å². The molecular formula is C95H139F2N13O27. The molecule has 0 spiro atoms. The minimum absolute atomic E-state index is 0.0123. The Kier molecular flexibility index (Phi) is 44.1. The highest BCUT2D eigenvalue weighted by molar-refractivity contribution is 6.03. The molecule has 20 N–H and O–H groups in total. The van der Waals surface area contributed by atoms with Crippen LogP contribution >= 0.6 is 0 Å². The third-order valence-corrected chi connectivity index (χ3v) is 25.9. The van der Waals surface area contributed by atoms with Crippen LogP contribution in [0.25, 0.3) is 11.4 Å². The second-order valence-electron chi connectivity index (χ2n) is 35.6. The van der Waals surface area contributed by atoms with Crippen molar-refractivity contribution in [3.8, 4) is 0 Å². The number of fused-ring (bicyclic) bond motifs is 9. The first-order valence-corrected chi connectivity index (χ1v) is 47.0. The van der Waals surface area contributed by atoms with Gasteiger partial charge in [-0.3, -0.25) is 49.0 Å². The van der Waals surface area contributed by atoms with Crippen LogP contribution in [0.4, 0.5) is 29.7 Å². The number of hydrogen-bond acceptors (Lipinski definition) is 31. The number of anilines is 2. The van der Waals surface area contributed by atoms with Gasteiger partial charge in [0.1, 0.15) is 37.1 Å². The zero-order valence-electron chi connectivity index (χ0n) is 78.8. The van der Waals surface area contributed by atoms with Gasteiger partial charge in [-0.1, -0.05) is 94.8 Å². The highest BCUT2D eigenvalue weighted by Crippen LogP contribution is 2.72. The fraction of sp³-hybridized carbons (Fsp3) is 0.632. The number of carbonyl (C=O) groups excluding carboxylic acids is 11. The molecule has 40 nitrogen and oxygen atoms in total. The summed E-state index contributed by atoms with van der Waals surface area (Å²) in [5, 5.41) is 86.5. The van der Waals surface area contributed by atoms with E-state index in [4.69, 9.17) is 58.9 Å². The van der Waals surface area contributed by atoms with E-state index < -0.39 is 199 Å². The van der Waals surface area contributed by atoms with E-state index in [1.165, 1.54) is 43.3 Å². The number of carbonyl (C=O) groups is 11. The molecular weight excluding hydrogens is 1790 g/mol. The highest BCUT2D eigenvalue weighted by atomic mass is 19.1. The predicted molar refractivity (Wildman–Crippen MR) is 494 cm³/mol. The number of alkyl carbamates (subject to hydrolysis) is 1. The predicted octanol–water partition coefficient (Wildman–Crippen LogP) is 1.66. The summed E-state index contributed by atoms with van der Waals surface area (Å²) in [6, 6.07) is 17.5. The second-order valence-corrected chi connectivity index (χ2v) is 35.6. The number of aliphatic hydroxyl groups excluding tert-OH is 6. The summed E-state index contributed by atoms with van der Waals surface area (Å²) in [6.07, 6.45) is -11.5. The molecule has 9 amide bonds. The first-order chi connectivity index (χ1) is 65.7. The van der Waals surface area contributed by atoms with E-state index in [-0.39, 0.29) is 154 Å². The Morgan fingerprint density at radius 3 is 1.93 bits per heavy atom. The smallest absolute Gasteiger partial charge is 0.407 e. The number of hydrazine groups is 1.